The van der Waals surface area contributed by atoms with Crippen LogP contribution >= 0.6 is 0 Å². The van der Waals surface area contributed by atoms with Crippen molar-refractivity contribution < 1.29 is 14.3 Å². The Morgan fingerprint density at radius 1 is 1.20 bits per heavy atom. The Balaban J connectivity index is 1.91. The van der Waals surface area contributed by atoms with Gasteiger partial charge >= 0.3 is 0 Å². The predicted octanol–water partition coefficient (Wildman–Crippen LogP) is 4.13. The van der Waals surface area contributed by atoms with Gasteiger partial charge in [0.25, 0.3) is 0 Å². The maximum Gasteiger partial charge on any atom is 0.220 e. The summed E-state index contributed by atoms with van der Waals surface area (Å²) in [5, 5.41) is 2.99. The van der Waals surface area contributed by atoms with E-state index in [-0.39, 0.29) is 12.0 Å². The predicted molar refractivity (Wildman–Crippen MR) is 98.7 cm³/mol. The zero-order valence-corrected chi connectivity index (χ0v) is 14.6. The summed E-state index contributed by atoms with van der Waals surface area (Å²) >= 11 is 0. The summed E-state index contributed by atoms with van der Waals surface area (Å²) in [6.07, 6.45) is 3.26. The topological polar surface area (TPSA) is 47.6 Å². The molecule has 1 atom stereocenters. The minimum absolute atomic E-state index is 0.0617. The summed E-state index contributed by atoms with van der Waals surface area (Å²) in [5.41, 5.74) is 3.06. The molecule has 1 aliphatic rings. The van der Waals surface area contributed by atoms with Crippen LogP contribution in [0.3, 0.4) is 0 Å². The van der Waals surface area contributed by atoms with Crippen LogP contribution in [0.1, 0.15) is 37.0 Å². The van der Waals surface area contributed by atoms with Gasteiger partial charge in [-0.05, 0) is 41.8 Å². The lowest BCUT2D eigenvalue weighted by Crippen LogP contribution is -2.29. The highest BCUT2D eigenvalue weighted by Gasteiger charge is 2.25. The standard InChI is InChI=1S/C21H23NO3/c1-3-7-20(23)22-14-17-12-16-13-18(24-2)10-11-19(16)25-21(17)15-8-5-4-6-9-15/h4-6,8-13,21H,3,7,14H2,1-2H3,(H,22,23). The second-order valence-corrected chi connectivity index (χ2v) is 6.06. The van der Waals surface area contributed by atoms with Gasteiger partial charge in [-0.15, -0.1) is 0 Å². The van der Waals surface area contributed by atoms with Crippen molar-refractivity contribution >= 4 is 12.0 Å². The first kappa shape index (κ1) is 17.1. The number of ether oxygens (including phenoxy) is 2. The molecular formula is C21H23NO3. The third-order valence-corrected chi connectivity index (χ3v) is 4.21. The van der Waals surface area contributed by atoms with Crippen LogP contribution in [0, 0.1) is 0 Å². The van der Waals surface area contributed by atoms with E-state index in [4.69, 9.17) is 9.47 Å². The van der Waals surface area contributed by atoms with Crippen LogP contribution in [-0.4, -0.2) is 19.6 Å². The number of carbonyl (C=O) groups is 1. The van der Waals surface area contributed by atoms with Crippen molar-refractivity contribution in [2.75, 3.05) is 13.7 Å². The number of nitrogens with one attached hydrogen (secondary N) is 1. The molecule has 0 saturated carbocycles. The first-order valence-electron chi connectivity index (χ1n) is 8.58. The van der Waals surface area contributed by atoms with Crippen LogP contribution in [0.5, 0.6) is 11.5 Å². The minimum atomic E-state index is -0.205. The number of rotatable bonds is 6. The fraction of sp³-hybridized carbons (Fsp3) is 0.286. The monoisotopic (exact) mass is 337 g/mol. The molecule has 3 rings (SSSR count). The van der Waals surface area contributed by atoms with Gasteiger partial charge in [0.05, 0.1) is 7.11 Å². The smallest absolute Gasteiger partial charge is 0.220 e. The maximum atomic E-state index is 11.9. The molecule has 2 aromatic carbocycles. The van der Waals surface area contributed by atoms with E-state index in [1.807, 2.05) is 55.5 Å². The van der Waals surface area contributed by atoms with Gasteiger partial charge < -0.3 is 14.8 Å². The van der Waals surface area contributed by atoms with Crippen molar-refractivity contribution in [2.45, 2.75) is 25.9 Å². The first-order chi connectivity index (χ1) is 12.2. The fourth-order valence-corrected chi connectivity index (χ4v) is 2.92. The average Bonchev–Trinajstić information content (AvgIpc) is 2.66. The SMILES string of the molecule is CCCC(=O)NCC1=Cc2cc(OC)ccc2OC1c1ccccc1. The summed E-state index contributed by atoms with van der Waals surface area (Å²) in [5.74, 6) is 1.66. The molecule has 0 bridgehead atoms. The zero-order valence-electron chi connectivity index (χ0n) is 14.6. The Hall–Kier alpha value is -2.75. The molecule has 1 unspecified atom stereocenters. The lowest BCUT2D eigenvalue weighted by atomic mass is 9.96. The third kappa shape index (κ3) is 4.02. The fourth-order valence-electron chi connectivity index (χ4n) is 2.92. The highest BCUT2D eigenvalue weighted by atomic mass is 16.5. The maximum absolute atomic E-state index is 11.9. The van der Waals surface area contributed by atoms with E-state index in [2.05, 4.69) is 11.4 Å². The number of carbonyl (C=O) groups excluding carboxylic acids is 1. The highest BCUT2D eigenvalue weighted by molar-refractivity contribution is 5.76. The molecule has 25 heavy (non-hydrogen) atoms. The Morgan fingerprint density at radius 3 is 2.72 bits per heavy atom. The second-order valence-electron chi connectivity index (χ2n) is 6.06. The third-order valence-electron chi connectivity index (χ3n) is 4.21. The number of benzene rings is 2. The lowest BCUT2D eigenvalue weighted by Gasteiger charge is -2.28. The van der Waals surface area contributed by atoms with Gasteiger partial charge in [0.2, 0.25) is 5.91 Å². The molecule has 0 radical (unpaired) electrons. The van der Waals surface area contributed by atoms with Crippen molar-refractivity contribution in [3.63, 3.8) is 0 Å². The molecule has 1 N–H and O–H groups in total. The molecule has 1 heterocycles. The Labute approximate surface area is 148 Å². The summed E-state index contributed by atoms with van der Waals surface area (Å²) < 4.78 is 11.5. The average molecular weight is 337 g/mol. The van der Waals surface area contributed by atoms with E-state index in [1.54, 1.807) is 7.11 Å². The molecular weight excluding hydrogens is 314 g/mol. The van der Waals surface area contributed by atoms with E-state index in [1.165, 1.54) is 0 Å². The summed E-state index contributed by atoms with van der Waals surface area (Å²) in [4.78, 5) is 11.9. The van der Waals surface area contributed by atoms with E-state index >= 15 is 0 Å². The van der Waals surface area contributed by atoms with Crippen LogP contribution in [0.4, 0.5) is 0 Å². The molecule has 4 heteroatoms. The van der Waals surface area contributed by atoms with Crippen molar-refractivity contribution in [1.29, 1.82) is 0 Å². The van der Waals surface area contributed by atoms with E-state index in [0.29, 0.717) is 13.0 Å². The van der Waals surface area contributed by atoms with Gasteiger partial charge in [0.1, 0.15) is 17.6 Å². The van der Waals surface area contributed by atoms with E-state index in [0.717, 1.165) is 34.6 Å². The highest BCUT2D eigenvalue weighted by Crippen LogP contribution is 2.38. The van der Waals surface area contributed by atoms with Crippen LogP contribution in [0.15, 0.2) is 54.1 Å². The zero-order chi connectivity index (χ0) is 17.6. The first-order valence-corrected chi connectivity index (χ1v) is 8.58. The van der Waals surface area contributed by atoms with Gasteiger partial charge in [0.15, 0.2) is 0 Å². The molecule has 130 valence electrons. The van der Waals surface area contributed by atoms with Crippen molar-refractivity contribution in [3.05, 3.63) is 65.2 Å². The van der Waals surface area contributed by atoms with E-state index < -0.39 is 0 Å². The van der Waals surface area contributed by atoms with Crippen LogP contribution < -0.4 is 14.8 Å². The number of fused-ring (bicyclic) bond motifs is 1. The van der Waals surface area contributed by atoms with Crippen molar-refractivity contribution in [2.24, 2.45) is 0 Å². The van der Waals surface area contributed by atoms with Crippen LogP contribution in [-0.2, 0) is 4.79 Å². The Morgan fingerprint density at radius 2 is 2.00 bits per heavy atom. The molecule has 1 aliphatic heterocycles. The quantitative estimate of drug-likeness (QED) is 0.862. The van der Waals surface area contributed by atoms with Crippen molar-refractivity contribution in [1.82, 2.24) is 5.32 Å². The molecule has 2 aromatic rings. The molecule has 0 saturated heterocycles. The van der Waals surface area contributed by atoms with Crippen LogP contribution in [0.25, 0.3) is 6.08 Å². The molecule has 1 amide bonds. The van der Waals surface area contributed by atoms with Gasteiger partial charge in [-0.1, -0.05) is 37.3 Å². The molecule has 4 nitrogen and oxygen atoms in total. The summed E-state index contributed by atoms with van der Waals surface area (Å²) in [6.45, 7) is 2.47. The Bertz CT molecular complexity index is 768. The lowest BCUT2D eigenvalue weighted by molar-refractivity contribution is -0.120. The molecule has 0 aliphatic carbocycles. The molecule has 0 fully saturated rings. The van der Waals surface area contributed by atoms with Gasteiger partial charge in [-0.2, -0.15) is 0 Å². The number of methoxy groups -OCH3 is 1. The normalized spacial score (nSPS) is 15.6. The number of hydrogen-bond acceptors (Lipinski definition) is 3. The number of hydrogen-bond donors (Lipinski definition) is 1. The van der Waals surface area contributed by atoms with Gasteiger partial charge in [-0.25, -0.2) is 0 Å². The summed E-state index contributed by atoms with van der Waals surface area (Å²) in [7, 11) is 1.65. The molecule has 0 aromatic heterocycles. The number of amides is 1. The van der Waals surface area contributed by atoms with Crippen LogP contribution in [0.2, 0.25) is 0 Å². The van der Waals surface area contributed by atoms with E-state index in [9.17, 15) is 4.79 Å². The van der Waals surface area contributed by atoms with Crippen molar-refractivity contribution in [3.8, 4) is 11.5 Å². The second kappa shape index (κ2) is 7.88. The summed E-state index contributed by atoms with van der Waals surface area (Å²) in [6, 6.07) is 15.8. The minimum Gasteiger partial charge on any atom is -0.497 e. The van der Waals surface area contributed by atoms with Gasteiger partial charge in [0, 0.05) is 18.5 Å². The Kier molecular flexibility index (Phi) is 5.39. The largest absolute Gasteiger partial charge is 0.497 e. The molecule has 0 spiro atoms. The van der Waals surface area contributed by atoms with Gasteiger partial charge in [-0.3, -0.25) is 4.79 Å².